The summed E-state index contributed by atoms with van der Waals surface area (Å²) in [6.07, 6.45) is 1.96. The van der Waals surface area contributed by atoms with Gasteiger partial charge in [-0.3, -0.25) is 4.79 Å². The first-order valence-electron chi connectivity index (χ1n) is 6.64. The SMILES string of the molecule is CC(C)COc1ccc(NC(=O)C2(C)CC2)cc1Br. The molecule has 0 atom stereocenters. The molecule has 104 valence electrons. The van der Waals surface area contributed by atoms with Gasteiger partial charge in [0.05, 0.1) is 11.1 Å². The zero-order valence-electron chi connectivity index (χ0n) is 11.6. The molecule has 1 aliphatic rings. The van der Waals surface area contributed by atoms with Crippen molar-refractivity contribution in [3.63, 3.8) is 0 Å². The maximum atomic E-state index is 12.0. The highest BCUT2D eigenvalue weighted by molar-refractivity contribution is 9.10. The smallest absolute Gasteiger partial charge is 0.230 e. The van der Waals surface area contributed by atoms with Gasteiger partial charge in [-0.05, 0) is 52.9 Å². The molecular formula is C15H20BrNO2. The van der Waals surface area contributed by atoms with E-state index in [4.69, 9.17) is 4.74 Å². The fraction of sp³-hybridized carbons (Fsp3) is 0.533. The van der Waals surface area contributed by atoms with Crippen LogP contribution in [0.25, 0.3) is 0 Å². The number of ether oxygens (including phenoxy) is 1. The second-order valence-electron chi connectivity index (χ2n) is 5.86. The van der Waals surface area contributed by atoms with E-state index in [0.29, 0.717) is 12.5 Å². The molecule has 1 amide bonds. The van der Waals surface area contributed by atoms with Crippen molar-refractivity contribution in [1.82, 2.24) is 0 Å². The second-order valence-corrected chi connectivity index (χ2v) is 6.72. The first-order chi connectivity index (χ1) is 8.90. The Kier molecular flexibility index (Phi) is 4.19. The van der Waals surface area contributed by atoms with Crippen LogP contribution in [0.2, 0.25) is 0 Å². The number of rotatable bonds is 5. The van der Waals surface area contributed by atoms with Crippen molar-refractivity contribution in [3.8, 4) is 5.75 Å². The van der Waals surface area contributed by atoms with E-state index >= 15 is 0 Å². The highest BCUT2D eigenvalue weighted by atomic mass is 79.9. The van der Waals surface area contributed by atoms with Crippen LogP contribution >= 0.6 is 15.9 Å². The molecule has 0 saturated heterocycles. The van der Waals surface area contributed by atoms with Gasteiger partial charge in [-0.15, -0.1) is 0 Å². The number of carbonyl (C=O) groups excluding carboxylic acids is 1. The van der Waals surface area contributed by atoms with Gasteiger partial charge < -0.3 is 10.1 Å². The topological polar surface area (TPSA) is 38.3 Å². The van der Waals surface area contributed by atoms with Crippen molar-refractivity contribution in [1.29, 1.82) is 0 Å². The van der Waals surface area contributed by atoms with E-state index < -0.39 is 0 Å². The predicted octanol–water partition coefficient (Wildman–Crippen LogP) is 4.22. The van der Waals surface area contributed by atoms with Crippen molar-refractivity contribution in [2.24, 2.45) is 11.3 Å². The lowest BCUT2D eigenvalue weighted by Gasteiger charge is -2.13. The lowest BCUT2D eigenvalue weighted by atomic mass is 10.1. The molecular weight excluding hydrogens is 306 g/mol. The number of hydrogen-bond donors (Lipinski definition) is 1. The number of halogens is 1. The van der Waals surface area contributed by atoms with Gasteiger partial charge in [0.1, 0.15) is 5.75 Å². The molecule has 3 nitrogen and oxygen atoms in total. The van der Waals surface area contributed by atoms with Gasteiger partial charge >= 0.3 is 0 Å². The van der Waals surface area contributed by atoms with E-state index in [1.165, 1.54) is 0 Å². The van der Waals surface area contributed by atoms with Crippen LogP contribution in [0.1, 0.15) is 33.6 Å². The Bertz CT molecular complexity index is 481. The molecule has 1 aliphatic carbocycles. The Morgan fingerprint density at radius 1 is 1.47 bits per heavy atom. The van der Waals surface area contributed by atoms with Crippen LogP contribution in [0, 0.1) is 11.3 Å². The van der Waals surface area contributed by atoms with Gasteiger partial charge in [0.2, 0.25) is 5.91 Å². The predicted molar refractivity (Wildman–Crippen MR) is 80.4 cm³/mol. The Labute approximate surface area is 122 Å². The molecule has 4 heteroatoms. The van der Waals surface area contributed by atoms with Gasteiger partial charge in [-0.2, -0.15) is 0 Å². The summed E-state index contributed by atoms with van der Waals surface area (Å²) in [5.74, 6) is 1.40. The van der Waals surface area contributed by atoms with Crippen molar-refractivity contribution in [2.45, 2.75) is 33.6 Å². The zero-order valence-corrected chi connectivity index (χ0v) is 13.2. The average Bonchev–Trinajstić information content (AvgIpc) is 3.07. The molecule has 0 aromatic heterocycles. The molecule has 0 aliphatic heterocycles. The van der Waals surface area contributed by atoms with Crippen LogP contribution in [0.15, 0.2) is 22.7 Å². The third kappa shape index (κ3) is 3.72. The van der Waals surface area contributed by atoms with Crippen molar-refractivity contribution < 1.29 is 9.53 Å². The lowest BCUT2D eigenvalue weighted by Crippen LogP contribution is -2.21. The molecule has 2 rings (SSSR count). The quantitative estimate of drug-likeness (QED) is 0.880. The highest BCUT2D eigenvalue weighted by Crippen LogP contribution is 2.45. The molecule has 0 spiro atoms. The highest BCUT2D eigenvalue weighted by Gasteiger charge is 2.44. The number of amides is 1. The summed E-state index contributed by atoms with van der Waals surface area (Å²) >= 11 is 3.48. The van der Waals surface area contributed by atoms with Crippen molar-refractivity contribution >= 4 is 27.5 Å². The normalized spacial score (nSPS) is 16.3. The second kappa shape index (κ2) is 5.53. The minimum atomic E-state index is -0.153. The van der Waals surface area contributed by atoms with Gasteiger partial charge in [0.25, 0.3) is 0 Å². The number of hydrogen-bond acceptors (Lipinski definition) is 2. The average molecular weight is 326 g/mol. The molecule has 19 heavy (non-hydrogen) atoms. The van der Waals surface area contributed by atoms with Gasteiger partial charge in [-0.1, -0.05) is 20.8 Å². The summed E-state index contributed by atoms with van der Waals surface area (Å²) in [5, 5.41) is 2.95. The molecule has 0 bridgehead atoms. The van der Waals surface area contributed by atoms with E-state index in [0.717, 1.165) is 28.8 Å². The van der Waals surface area contributed by atoms with Crippen LogP contribution in [0.3, 0.4) is 0 Å². The summed E-state index contributed by atoms with van der Waals surface area (Å²) in [6, 6.07) is 5.65. The Balaban J connectivity index is 2.00. The van der Waals surface area contributed by atoms with Crippen molar-refractivity contribution in [2.75, 3.05) is 11.9 Å². The molecule has 1 saturated carbocycles. The van der Waals surface area contributed by atoms with Crippen LogP contribution in [-0.2, 0) is 4.79 Å². The zero-order chi connectivity index (χ0) is 14.0. The lowest BCUT2D eigenvalue weighted by molar-refractivity contribution is -0.120. The molecule has 1 aromatic carbocycles. The fourth-order valence-corrected chi connectivity index (χ4v) is 2.14. The van der Waals surface area contributed by atoms with Crippen LogP contribution < -0.4 is 10.1 Å². The van der Waals surface area contributed by atoms with Gasteiger partial charge in [0, 0.05) is 11.1 Å². The molecule has 1 N–H and O–H groups in total. The number of benzene rings is 1. The first kappa shape index (κ1) is 14.4. The number of nitrogens with one attached hydrogen (secondary N) is 1. The molecule has 1 aromatic rings. The van der Waals surface area contributed by atoms with E-state index in [-0.39, 0.29) is 11.3 Å². The summed E-state index contributed by atoms with van der Waals surface area (Å²) in [6.45, 7) is 6.90. The summed E-state index contributed by atoms with van der Waals surface area (Å²) in [7, 11) is 0. The minimum Gasteiger partial charge on any atom is -0.492 e. The van der Waals surface area contributed by atoms with E-state index in [1.807, 2.05) is 25.1 Å². The van der Waals surface area contributed by atoms with E-state index in [1.54, 1.807) is 0 Å². The Morgan fingerprint density at radius 2 is 2.16 bits per heavy atom. The van der Waals surface area contributed by atoms with Crippen LogP contribution in [0.4, 0.5) is 5.69 Å². The minimum absolute atomic E-state index is 0.107. The van der Waals surface area contributed by atoms with Gasteiger partial charge in [-0.25, -0.2) is 0 Å². The van der Waals surface area contributed by atoms with E-state index in [9.17, 15) is 4.79 Å². The molecule has 1 fully saturated rings. The van der Waals surface area contributed by atoms with Gasteiger partial charge in [0.15, 0.2) is 0 Å². The standard InChI is InChI=1S/C15H20BrNO2/c1-10(2)9-19-13-5-4-11(8-12(13)16)17-14(18)15(3)6-7-15/h4-5,8,10H,6-7,9H2,1-3H3,(H,17,18). The maximum Gasteiger partial charge on any atom is 0.230 e. The molecule has 0 heterocycles. The monoisotopic (exact) mass is 325 g/mol. The Hall–Kier alpha value is -1.03. The third-order valence-electron chi connectivity index (χ3n) is 3.31. The van der Waals surface area contributed by atoms with Crippen LogP contribution in [-0.4, -0.2) is 12.5 Å². The molecule has 0 unspecified atom stereocenters. The third-order valence-corrected chi connectivity index (χ3v) is 3.93. The molecule has 0 radical (unpaired) electrons. The number of carbonyl (C=O) groups is 1. The van der Waals surface area contributed by atoms with Crippen LogP contribution in [0.5, 0.6) is 5.75 Å². The fourth-order valence-electron chi connectivity index (χ4n) is 1.65. The summed E-state index contributed by atoms with van der Waals surface area (Å²) in [4.78, 5) is 12.0. The Morgan fingerprint density at radius 3 is 2.68 bits per heavy atom. The summed E-state index contributed by atoms with van der Waals surface area (Å²) < 4.78 is 6.55. The first-order valence-corrected chi connectivity index (χ1v) is 7.44. The largest absolute Gasteiger partial charge is 0.492 e. The summed E-state index contributed by atoms with van der Waals surface area (Å²) in [5.41, 5.74) is 0.654. The maximum absolute atomic E-state index is 12.0. The van der Waals surface area contributed by atoms with Crippen molar-refractivity contribution in [3.05, 3.63) is 22.7 Å². The number of anilines is 1. The van der Waals surface area contributed by atoms with E-state index in [2.05, 4.69) is 35.1 Å².